The Balaban J connectivity index is 1.59. The summed E-state index contributed by atoms with van der Waals surface area (Å²) in [5, 5.41) is 0. The quantitative estimate of drug-likeness (QED) is 0.188. The summed E-state index contributed by atoms with van der Waals surface area (Å²) in [5.41, 5.74) is 3.43. The predicted molar refractivity (Wildman–Crippen MR) is 138 cm³/mol. The van der Waals surface area contributed by atoms with Crippen LogP contribution >= 0.6 is 35.3 Å². The number of hydrogen-bond acceptors (Lipinski definition) is 6. The van der Waals surface area contributed by atoms with Crippen molar-refractivity contribution >= 4 is 35.3 Å². The Kier molecular flexibility index (Phi) is 11.0. The van der Waals surface area contributed by atoms with Gasteiger partial charge >= 0.3 is 0 Å². The third-order valence-electron chi connectivity index (χ3n) is 4.87. The summed E-state index contributed by atoms with van der Waals surface area (Å²) in [4.78, 5) is 3.70. The summed E-state index contributed by atoms with van der Waals surface area (Å²) in [6, 6.07) is 25.1. The van der Waals surface area contributed by atoms with Gasteiger partial charge in [-0.2, -0.15) is 0 Å². The number of hydrogen-bond donors (Lipinski definition) is 0. The third-order valence-corrected chi connectivity index (χ3v) is 7.18. The first-order valence-corrected chi connectivity index (χ1v) is 14.1. The molecule has 3 aromatic carbocycles. The minimum Gasteiger partial charge on any atom is -0.371 e. The van der Waals surface area contributed by atoms with Gasteiger partial charge in [-0.25, -0.2) is 0 Å². The van der Waals surface area contributed by atoms with Crippen LogP contribution in [0.4, 0.5) is 0 Å². The fourth-order valence-electron chi connectivity index (χ4n) is 3.09. The first-order valence-electron chi connectivity index (χ1n) is 10.4. The molecule has 0 radical (unpaired) electrons. The zero-order valence-electron chi connectivity index (χ0n) is 18.8. The van der Waals surface area contributed by atoms with Crippen molar-refractivity contribution < 1.29 is 14.2 Å². The molecule has 1 atom stereocenters. The maximum Gasteiger partial charge on any atom is 0.181 e. The molecule has 0 aliphatic heterocycles. The van der Waals surface area contributed by atoms with E-state index in [2.05, 4.69) is 85.5 Å². The van der Waals surface area contributed by atoms with Crippen molar-refractivity contribution in [2.45, 2.75) is 40.8 Å². The second-order valence-electron chi connectivity index (χ2n) is 7.08. The van der Waals surface area contributed by atoms with E-state index in [4.69, 9.17) is 14.2 Å². The molecule has 3 nitrogen and oxygen atoms in total. The molecule has 170 valence electrons. The van der Waals surface area contributed by atoms with Crippen molar-refractivity contribution in [3.63, 3.8) is 0 Å². The van der Waals surface area contributed by atoms with Gasteiger partial charge < -0.3 is 14.2 Å². The lowest BCUT2D eigenvalue weighted by Gasteiger charge is -2.20. The number of ether oxygens (including phenoxy) is 3. The molecule has 0 fully saturated rings. The normalized spacial score (nSPS) is 12.1. The van der Waals surface area contributed by atoms with Gasteiger partial charge in [0.15, 0.2) is 6.29 Å². The molecule has 3 aromatic rings. The molecule has 0 saturated carbocycles. The summed E-state index contributed by atoms with van der Waals surface area (Å²) in [6.07, 6.45) is 5.79. The fourth-order valence-corrected chi connectivity index (χ4v) is 4.59. The monoisotopic (exact) mass is 486 g/mol. The van der Waals surface area contributed by atoms with Gasteiger partial charge in [0.1, 0.15) is 0 Å². The van der Waals surface area contributed by atoms with E-state index in [0.29, 0.717) is 26.4 Å². The van der Waals surface area contributed by atoms with Crippen LogP contribution in [0.1, 0.15) is 16.7 Å². The van der Waals surface area contributed by atoms with Crippen molar-refractivity contribution in [1.82, 2.24) is 0 Å². The second kappa shape index (κ2) is 14.0. The van der Waals surface area contributed by atoms with E-state index in [0.717, 1.165) is 11.1 Å². The standard InChI is InChI=1S/C26H30O3S3/c1-30-23-13-11-20(12-14-23)16-28-26(29-17-21-7-6-9-24(15-21)31-2)19-27-18-22-8-4-5-10-25(22)32-3/h4-15,26H,16-19H2,1-3H3. The van der Waals surface area contributed by atoms with Crippen LogP contribution in [0.15, 0.2) is 87.5 Å². The summed E-state index contributed by atoms with van der Waals surface area (Å²) in [5.74, 6) is 0. The maximum atomic E-state index is 6.12. The van der Waals surface area contributed by atoms with Crippen LogP contribution in [0, 0.1) is 0 Å². The molecule has 0 amide bonds. The smallest absolute Gasteiger partial charge is 0.181 e. The summed E-state index contributed by atoms with van der Waals surface area (Å²) < 4.78 is 18.2. The van der Waals surface area contributed by atoms with Crippen LogP contribution in [-0.2, 0) is 34.0 Å². The second-order valence-corrected chi connectivity index (χ2v) is 9.69. The number of rotatable bonds is 13. The lowest BCUT2D eigenvalue weighted by atomic mass is 10.2. The Morgan fingerprint density at radius 1 is 0.656 bits per heavy atom. The molecule has 0 aliphatic rings. The van der Waals surface area contributed by atoms with Crippen LogP contribution in [0.3, 0.4) is 0 Å². The highest BCUT2D eigenvalue weighted by atomic mass is 32.2. The zero-order chi connectivity index (χ0) is 22.6. The van der Waals surface area contributed by atoms with Gasteiger partial charge in [-0.1, -0.05) is 42.5 Å². The maximum absolute atomic E-state index is 6.12. The van der Waals surface area contributed by atoms with Crippen LogP contribution < -0.4 is 0 Å². The average molecular weight is 487 g/mol. The molecular formula is C26H30O3S3. The molecule has 0 bridgehead atoms. The Bertz CT molecular complexity index is 947. The van der Waals surface area contributed by atoms with E-state index in [1.807, 2.05) is 6.07 Å². The van der Waals surface area contributed by atoms with E-state index in [-0.39, 0.29) is 0 Å². The third kappa shape index (κ3) is 8.18. The van der Waals surface area contributed by atoms with Gasteiger partial charge in [0, 0.05) is 14.7 Å². The number of benzene rings is 3. The van der Waals surface area contributed by atoms with E-state index < -0.39 is 6.29 Å². The van der Waals surface area contributed by atoms with Crippen molar-refractivity contribution in [2.24, 2.45) is 0 Å². The van der Waals surface area contributed by atoms with Gasteiger partial charge in [-0.05, 0) is 65.8 Å². The van der Waals surface area contributed by atoms with Crippen LogP contribution in [0.25, 0.3) is 0 Å². The van der Waals surface area contributed by atoms with Crippen molar-refractivity contribution in [1.29, 1.82) is 0 Å². The molecule has 0 spiro atoms. The van der Waals surface area contributed by atoms with Gasteiger partial charge in [-0.15, -0.1) is 35.3 Å². The largest absolute Gasteiger partial charge is 0.371 e. The first-order chi connectivity index (χ1) is 15.7. The molecule has 3 rings (SSSR count). The van der Waals surface area contributed by atoms with E-state index in [9.17, 15) is 0 Å². The number of thioether (sulfide) groups is 3. The molecule has 0 aliphatic carbocycles. The Labute approximate surface area is 204 Å². The summed E-state index contributed by atoms with van der Waals surface area (Å²) in [7, 11) is 0. The molecular weight excluding hydrogens is 456 g/mol. The molecule has 1 unspecified atom stereocenters. The fraction of sp³-hybridized carbons (Fsp3) is 0.308. The minimum absolute atomic E-state index is 0.369. The van der Waals surface area contributed by atoms with Gasteiger partial charge in [0.25, 0.3) is 0 Å². The first kappa shape index (κ1) is 25.2. The zero-order valence-corrected chi connectivity index (χ0v) is 21.2. The molecule has 32 heavy (non-hydrogen) atoms. The van der Waals surface area contributed by atoms with Crippen LogP contribution in [-0.4, -0.2) is 31.7 Å². The van der Waals surface area contributed by atoms with Crippen LogP contribution in [0.2, 0.25) is 0 Å². The highest BCUT2D eigenvalue weighted by molar-refractivity contribution is 7.99. The van der Waals surface area contributed by atoms with Crippen molar-refractivity contribution in [3.8, 4) is 0 Å². The average Bonchev–Trinajstić information content (AvgIpc) is 2.86. The minimum atomic E-state index is -0.449. The lowest BCUT2D eigenvalue weighted by molar-refractivity contribution is -0.186. The van der Waals surface area contributed by atoms with E-state index in [1.165, 1.54) is 20.2 Å². The Hall–Kier alpha value is -1.41. The van der Waals surface area contributed by atoms with E-state index >= 15 is 0 Å². The summed E-state index contributed by atoms with van der Waals surface area (Å²) in [6.45, 7) is 1.86. The Morgan fingerprint density at radius 3 is 2.09 bits per heavy atom. The molecule has 6 heteroatoms. The van der Waals surface area contributed by atoms with Crippen molar-refractivity contribution in [2.75, 3.05) is 25.4 Å². The Morgan fingerprint density at radius 2 is 1.38 bits per heavy atom. The molecule has 0 aromatic heterocycles. The highest BCUT2D eigenvalue weighted by Gasteiger charge is 2.12. The molecule has 0 heterocycles. The van der Waals surface area contributed by atoms with Gasteiger partial charge in [0.2, 0.25) is 0 Å². The highest BCUT2D eigenvalue weighted by Crippen LogP contribution is 2.21. The lowest BCUT2D eigenvalue weighted by Crippen LogP contribution is -2.23. The van der Waals surface area contributed by atoms with Crippen molar-refractivity contribution in [3.05, 3.63) is 89.5 Å². The predicted octanol–water partition coefficient (Wildman–Crippen LogP) is 7.13. The molecule has 0 N–H and O–H groups in total. The topological polar surface area (TPSA) is 27.7 Å². The van der Waals surface area contributed by atoms with E-state index in [1.54, 1.807) is 35.3 Å². The summed E-state index contributed by atoms with van der Waals surface area (Å²) >= 11 is 5.19. The SMILES string of the molecule is CSc1ccc(COC(COCc2ccccc2SC)OCc2cccc(SC)c2)cc1. The van der Waals surface area contributed by atoms with Gasteiger partial charge in [0.05, 0.1) is 26.4 Å². The van der Waals surface area contributed by atoms with Crippen LogP contribution in [0.5, 0.6) is 0 Å². The van der Waals surface area contributed by atoms with Gasteiger partial charge in [-0.3, -0.25) is 0 Å². The molecule has 0 saturated heterocycles.